The van der Waals surface area contributed by atoms with E-state index >= 15 is 0 Å². The first-order chi connectivity index (χ1) is 21.0. The van der Waals surface area contributed by atoms with E-state index in [0.717, 1.165) is 53.1 Å². The molecule has 44 heavy (non-hydrogen) atoms. The molecule has 236 valence electrons. The van der Waals surface area contributed by atoms with Gasteiger partial charge in [0.15, 0.2) is 0 Å². The molecule has 1 fully saturated rings. The van der Waals surface area contributed by atoms with E-state index in [2.05, 4.69) is 5.32 Å². The Labute approximate surface area is 261 Å². The molecule has 4 rings (SSSR count). The second-order valence-corrected chi connectivity index (χ2v) is 13.3. The fraction of sp³-hybridized carbons (Fsp3) is 0.412. The van der Waals surface area contributed by atoms with Crippen molar-refractivity contribution in [3.8, 4) is 11.5 Å². The van der Waals surface area contributed by atoms with Gasteiger partial charge in [-0.2, -0.15) is 0 Å². The number of ether oxygens (including phenoxy) is 2. The number of aryl methyl sites for hydroxylation is 2. The molecule has 1 aliphatic rings. The molecule has 0 bridgehead atoms. The van der Waals surface area contributed by atoms with Gasteiger partial charge in [-0.25, -0.2) is 8.42 Å². The van der Waals surface area contributed by atoms with E-state index in [-0.39, 0.29) is 29.1 Å². The molecule has 0 unspecified atom stereocenters. The molecule has 3 aromatic carbocycles. The van der Waals surface area contributed by atoms with Crippen LogP contribution in [0.1, 0.15) is 55.7 Å². The molecular formula is C34H43N3O6S. The minimum atomic E-state index is -4.22. The normalized spacial score (nSPS) is 14.4. The highest BCUT2D eigenvalue weighted by Gasteiger charge is 2.34. The summed E-state index contributed by atoms with van der Waals surface area (Å²) in [4.78, 5) is 29.3. The average Bonchev–Trinajstić information content (AvgIpc) is 3.02. The molecule has 0 heterocycles. The first-order valence-electron chi connectivity index (χ1n) is 15.0. The van der Waals surface area contributed by atoms with Crippen molar-refractivity contribution in [2.75, 3.05) is 25.1 Å². The molecule has 10 heteroatoms. The Bertz CT molecular complexity index is 1550. The molecule has 0 saturated heterocycles. The van der Waals surface area contributed by atoms with Crippen LogP contribution in [0, 0.1) is 13.8 Å². The largest absolute Gasteiger partial charge is 0.497 e. The molecule has 1 saturated carbocycles. The SMILES string of the molecule is COc1cccc(CN(C(=O)CN(c2cc(C)ccc2OC)S(=O)(=O)c2ccc(C)cc2)[C@@H](C)C(=O)NC2CCCCC2)c1. The van der Waals surface area contributed by atoms with Gasteiger partial charge in [0.2, 0.25) is 11.8 Å². The Hall–Kier alpha value is -4.05. The maximum Gasteiger partial charge on any atom is 0.264 e. The zero-order valence-corrected chi connectivity index (χ0v) is 27.0. The molecule has 0 radical (unpaired) electrons. The van der Waals surface area contributed by atoms with Gasteiger partial charge in [0.05, 0.1) is 24.8 Å². The van der Waals surface area contributed by atoms with Crippen LogP contribution in [0.25, 0.3) is 0 Å². The van der Waals surface area contributed by atoms with E-state index in [1.54, 1.807) is 50.4 Å². The van der Waals surface area contributed by atoms with Gasteiger partial charge in [0.25, 0.3) is 10.0 Å². The van der Waals surface area contributed by atoms with Crippen molar-refractivity contribution < 1.29 is 27.5 Å². The number of nitrogens with one attached hydrogen (secondary N) is 1. The van der Waals surface area contributed by atoms with Crippen molar-refractivity contribution in [2.45, 2.75) is 76.4 Å². The van der Waals surface area contributed by atoms with Gasteiger partial charge in [-0.05, 0) is 81.1 Å². The predicted molar refractivity (Wildman–Crippen MR) is 171 cm³/mol. The molecule has 1 N–H and O–H groups in total. The highest BCUT2D eigenvalue weighted by molar-refractivity contribution is 7.92. The lowest BCUT2D eigenvalue weighted by Crippen LogP contribution is -2.53. The highest BCUT2D eigenvalue weighted by Crippen LogP contribution is 2.34. The molecule has 1 aliphatic carbocycles. The number of hydrogen-bond acceptors (Lipinski definition) is 6. The number of carbonyl (C=O) groups is 2. The summed E-state index contributed by atoms with van der Waals surface area (Å²) in [6.45, 7) is 4.94. The van der Waals surface area contributed by atoms with Crippen molar-refractivity contribution >= 4 is 27.5 Å². The van der Waals surface area contributed by atoms with Crippen LogP contribution in [0.2, 0.25) is 0 Å². The van der Waals surface area contributed by atoms with Crippen LogP contribution in [0.3, 0.4) is 0 Å². The Morgan fingerprint density at radius 2 is 1.59 bits per heavy atom. The molecule has 0 aromatic heterocycles. The summed E-state index contributed by atoms with van der Waals surface area (Å²) in [5.74, 6) is 0.122. The van der Waals surface area contributed by atoms with Crippen LogP contribution in [0.5, 0.6) is 11.5 Å². The number of sulfonamides is 1. The number of benzene rings is 3. The van der Waals surface area contributed by atoms with Crippen molar-refractivity contribution in [3.63, 3.8) is 0 Å². The Balaban J connectivity index is 1.74. The summed E-state index contributed by atoms with van der Waals surface area (Å²) in [6, 6.07) is 18.1. The third-order valence-electron chi connectivity index (χ3n) is 8.10. The van der Waals surface area contributed by atoms with Gasteiger partial charge in [0, 0.05) is 12.6 Å². The Morgan fingerprint density at radius 1 is 0.909 bits per heavy atom. The lowest BCUT2D eigenvalue weighted by molar-refractivity contribution is -0.139. The van der Waals surface area contributed by atoms with E-state index in [9.17, 15) is 18.0 Å². The Kier molecular flexibility index (Phi) is 10.9. The topological polar surface area (TPSA) is 105 Å². The monoisotopic (exact) mass is 621 g/mol. The first kappa shape index (κ1) is 32.9. The first-order valence-corrected chi connectivity index (χ1v) is 16.4. The summed E-state index contributed by atoms with van der Waals surface area (Å²) in [5.41, 5.74) is 2.69. The van der Waals surface area contributed by atoms with Crippen LogP contribution in [0.4, 0.5) is 5.69 Å². The number of amides is 2. The van der Waals surface area contributed by atoms with Gasteiger partial charge in [0.1, 0.15) is 24.1 Å². The molecular weight excluding hydrogens is 578 g/mol. The third-order valence-corrected chi connectivity index (χ3v) is 9.87. The summed E-state index contributed by atoms with van der Waals surface area (Å²) in [6.07, 6.45) is 5.05. The van der Waals surface area contributed by atoms with Crippen LogP contribution >= 0.6 is 0 Å². The molecule has 1 atom stereocenters. The molecule has 2 amide bonds. The van der Waals surface area contributed by atoms with Crippen molar-refractivity contribution in [1.29, 1.82) is 0 Å². The predicted octanol–water partition coefficient (Wildman–Crippen LogP) is 5.38. The summed E-state index contributed by atoms with van der Waals surface area (Å²) < 4.78 is 40.4. The van der Waals surface area contributed by atoms with E-state index in [1.807, 2.05) is 32.0 Å². The second-order valence-electron chi connectivity index (χ2n) is 11.4. The quantitative estimate of drug-likeness (QED) is 0.291. The summed E-state index contributed by atoms with van der Waals surface area (Å²) in [7, 11) is -1.20. The lowest BCUT2D eigenvalue weighted by Gasteiger charge is -2.33. The van der Waals surface area contributed by atoms with E-state index in [1.165, 1.54) is 24.1 Å². The zero-order chi connectivity index (χ0) is 31.9. The minimum Gasteiger partial charge on any atom is -0.497 e. The second kappa shape index (κ2) is 14.6. The molecule has 3 aromatic rings. The van der Waals surface area contributed by atoms with Crippen molar-refractivity contribution in [1.82, 2.24) is 10.2 Å². The fourth-order valence-corrected chi connectivity index (χ4v) is 6.88. The zero-order valence-electron chi connectivity index (χ0n) is 26.2. The highest BCUT2D eigenvalue weighted by atomic mass is 32.2. The number of nitrogens with zero attached hydrogens (tertiary/aromatic N) is 2. The van der Waals surface area contributed by atoms with E-state index in [4.69, 9.17) is 9.47 Å². The van der Waals surface area contributed by atoms with Gasteiger partial charge in [-0.3, -0.25) is 13.9 Å². The van der Waals surface area contributed by atoms with Gasteiger partial charge in [-0.15, -0.1) is 0 Å². The van der Waals surface area contributed by atoms with Gasteiger partial charge in [-0.1, -0.05) is 55.2 Å². The van der Waals surface area contributed by atoms with Crippen LogP contribution in [-0.2, 0) is 26.2 Å². The number of carbonyl (C=O) groups excluding carboxylic acids is 2. The lowest BCUT2D eigenvalue weighted by atomic mass is 9.95. The summed E-state index contributed by atoms with van der Waals surface area (Å²) in [5, 5.41) is 3.13. The van der Waals surface area contributed by atoms with Crippen molar-refractivity contribution in [3.05, 3.63) is 83.4 Å². The maximum absolute atomic E-state index is 14.3. The molecule has 9 nitrogen and oxygen atoms in total. The van der Waals surface area contributed by atoms with Crippen LogP contribution in [-0.4, -0.2) is 58.0 Å². The van der Waals surface area contributed by atoms with Crippen molar-refractivity contribution in [2.24, 2.45) is 0 Å². The summed E-state index contributed by atoms with van der Waals surface area (Å²) >= 11 is 0. The third kappa shape index (κ3) is 7.91. The van der Waals surface area contributed by atoms with Gasteiger partial charge < -0.3 is 19.7 Å². The number of hydrogen-bond donors (Lipinski definition) is 1. The molecule has 0 aliphatic heterocycles. The number of methoxy groups -OCH3 is 2. The average molecular weight is 622 g/mol. The smallest absolute Gasteiger partial charge is 0.264 e. The maximum atomic E-state index is 14.3. The van der Waals surface area contributed by atoms with Crippen LogP contribution < -0.4 is 19.1 Å². The van der Waals surface area contributed by atoms with E-state index < -0.39 is 28.5 Å². The van der Waals surface area contributed by atoms with Gasteiger partial charge >= 0.3 is 0 Å². The standard InChI is InChI=1S/C34H43N3O6S/c1-24-14-17-30(18-15-24)44(40,41)37(31-20-25(2)16-19-32(31)43-5)23-33(38)36(22-27-10-9-13-29(21-27)42-4)26(3)34(39)35-28-11-7-6-8-12-28/h9-10,13-21,26,28H,6-8,11-12,22-23H2,1-5H3,(H,35,39)/t26-/m0/s1. The molecule has 0 spiro atoms. The minimum absolute atomic E-state index is 0.0434. The Morgan fingerprint density at radius 3 is 2.25 bits per heavy atom. The number of anilines is 1. The fourth-order valence-electron chi connectivity index (χ4n) is 5.46. The van der Waals surface area contributed by atoms with E-state index in [0.29, 0.717) is 11.5 Å². The van der Waals surface area contributed by atoms with Crippen LogP contribution in [0.15, 0.2) is 71.6 Å². The number of rotatable bonds is 12.